The van der Waals surface area contributed by atoms with Crippen molar-refractivity contribution in [2.45, 2.75) is 25.6 Å². The first-order valence-electron chi connectivity index (χ1n) is 8.63. The normalized spacial score (nSPS) is 17.0. The fraction of sp³-hybridized carbons (Fsp3) is 0.529. The molecule has 0 aromatic carbocycles. The number of oxazole rings is 1. The number of carbonyl (C=O) groups is 1. The lowest BCUT2D eigenvalue weighted by Crippen LogP contribution is -2.57. The Bertz CT molecular complexity index is 752. The van der Waals surface area contributed by atoms with Crippen molar-refractivity contribution in [2.24, 2.45) is 0 Å². The topological polar surface area (TPSA) is 83.5 Å². The van der Waals surface area contributed by atoms with Crippen LogP contribution in [-0.2, 0) is 11.2 Å². The van der Waals surface area contributed by atoms with Gasteiger partial charge in [-0.05, 0) is 19.1 Å². The summed E-state index contributed by atoms with van der Waals surface area (Å²) in [4.78, 5) is 17.7. The zero-order valence-corrected chi connectivity index (χ0v) is 14.8. The number of piperazine rings is 1. The second-order valence-electron chi connectivity index (χ2n) is 6.32. The fourth-order valence-corrected chi connectivity index (χ4v) is 2.97. The number of alkyl halides is 3. The van der Waals surface area contributed by atoms with Crippen LogP contribution in [0.15, 0.2) is 27.2 Å². The minimum absolute atomic E-state index is 0.165. The summed E-state index contributed by atoms with van der Waals surface area (Å²) in [6, 6.07) is 1.63. The van der Waals surface area contributed by atoms with E-state index in [1.165, 1.54) is 11.2 Å². The van der Waals surface area contributed by atoms with E-state index in [1.807, 2.05) is 0 Å². The van der Waals surface area contributed by atoms with Crippen LogP contribution in [0.25, 0.3) is 11.7 Å². The first kappa shape index (κ1) is 19.4. The van der Waals surface area contributed by atoms with Gasteiger partial charge < -0.3 is 19.5 Å². The van der Waals surface area contributed by atoms with Gasteiger partial charge in [-0.15, -0.1) is 0 Å². The van der Waals surface area contributed by atoms with Crippen LogP contribution in [0.2, 0.25) is 0 Å². The van der Waals surface area contributed by atoms with Gasteiger partial charge in [-0.1, -0.05) is 0 Å². The molecule has 1 atom stereocenters. The average molecular weight is 386 g/mol. The Kier molecular flexibility index (Phi) is 5.85. The van der Waals surface area contributed by atoms with E-state index < -0.39 is 24.7 Å². The van der Waals surface area contributed by atoms with Gasteiger partial charge in [0, 0.05) is 32.7 Å². The van der Waals surface area contributed by atoms with Crippen molar-refractivity contribution < 1.29 is 26.8 Å². The van der Waals surface area contributed by atoms with Crippen LogP contribution in [-0.4, -0.2) is 60.7 Å². The predicted octanol–water partition coefficient (Wildman–Crippen LogP) is 1.74. The van der Waals surface area contributed by atoms with Crippen molar-refractivity contribution in [3.8, 4) is 11.7 Å². The van der Waals surface area contributed by atoms with E-state index in [2.05, 4.69) is 15.6 Å². The first-order valence-corrected chi connectivity index (χ1v) is 8.63. The molecule has 1 saturated heterocycles. The number of hydrogen-bond donors (Lipinski definition) is 2. The molecule has 2 N–H and O–H groups in total. The van der Waals surface area contributed by atoms with Crippen LogP contribution in [0.4, 0.5) is 13.2 Å². The molecule has 0 saturated carbocycles. The largest absolute Gasteiger partial charge is 0.459 e. The van der Waals surface area contributed by atoms with E-state index in [-0.39, 0.29) is 25.4 Å². The maximum atomic E-state index is 13.4. The third-order valence-corrected chi connectivity index (χ3v) is 4.42. The minimum Gasteiger partial charge on any atom is -0.459 e. The van der Waals surface area contributed by atoms with Crippen LogP contribution in [0.1, 0.15) is 11.5 Å². The number of nitrogens with one attached hydrogen (secondary N) is 2. The number of hydrogen-bond acceptors (Lipinski definition) is 6. The quantitative estimate of drug-likeness (QED) is 0.787. The molecule has 3 rings (SSSR count). The van der Waals surface area contributed by atoms with Crippen LogP contribution < -0.4 is 10.6 Å². The van der Waals surface area contributed by atoms with Crippen LogP contribution >= 0.6 is 0 Å². The van der Waals surface area contributed by atoms with Gasteiger partial charge in [-0.3, -0.25) is 9.69 Å². The molecule has 2 aromatic rings. The zero-order valence-electron chi connectivity index (χ0n) is 14.8. The standard InChI is InChI=1S/C17H21F3N4O3/c1-11-12(23-16(27-11)13-3-2-8-26-13)9-15(25)22-10-14(17(18,19)20)24-6-4-21-5-7-24/h2-3,8,14,21H,4-7,9-10H2,1H3,(H,22,25). The molecular weight excluding hydrogens is 365 g/mol. The lowest BCUT2D eigenvalue weighted by Gasteiger charge is -2.35. The highest BCUT2D eigenvalue weighted by atomic mass is 19.4. The fourth-order valence-electron chi connectivity index (χ4n) is 2.97. The smallest absolute Gasteiger partial charge is 0.405 e. The molecule has 3 heterocycles. The van der Waals surface area contributed by atoms with Gasteiger partial charge >= 0.3 is 6.18 Å². The SMILES string of the molecule is Cc1oc(-c2ccco2)nc1CC(=O)NCC(N1CCNCC1)C(F)(F)F. The van der Waals surface area contributed by atoms with Gasteiger partial charge in [0.2, 0.25) is 5.91 Å². The summed E-state index contributed by atoms with van der Waals surface area (Å²) in [6.07, 6.45) is -3.11. The highest BCUT2D eigenvalue weighted by Crippen LogP contribution is 2.25. The molecule has 1 aliphatic rings. The van der Waals surface area contributed by atoms with Gasteiger partial charge in [0.15, 0.2) is 5.76 Å². The van der Waals surface area contributed by atoms with E-state index in [4.69, 9.17) is 8.83 Å². The number of carbonyl (C=O) groups excluding carboxylic acids is 1. The summed E-state index contributed by atoms with van der Waals surface area (Å²) in [5, 5.41) is 5.40. The number of aryl methyl sites for hydroxylation is 1. The lowest BCUT2D eigenvalue weighted by atomic mass is 10.2. The molecule has 1 amide bonds. The van der Waals surface area contributed by atoms with Crippen LogP contribution in [0, 0.1) is 6.92 Å². The van der Waals surface area contributed by atoms with Gasteiger partial charge in [-0.25, -0.2) is 4.98 Å². The Balaban J connectivity index is 1.60. The van der Waals surface area contributed by atoms with E-state index in [0.717, 1.165) is 0 Å². The third kappa shape index (κ3) is 4.89. The van der Waals surface area contributed by atoms with Crippen molar-refractivity contribution in [3.63, 3.8) is 0 Å². The highest BCUT2D eigenvalue weighted by Gasteiger charge is 2.43. The second kappa shape index (κ2) is 8.13. The van der Waals surface area contributed by atoms with Gasteiger partial charge in [0.1, 0.15) is 11.8 Å². The molecule has 10 heteroatoms. The number of rotatable bonds is 6. The Morgan fingerprint density at radius 3 is 2.78 bits per heavy atom. The van der Waals surface area contributed by atoms with Gasteiger partial charge in [0.05, 0.1) is 18.4 Å². The Morgan fingerprint density at radius 2 is 2.15 bits per heavy atom. The number of halogens is 3. The molecule has 1 unspecified atom stereocenters. The van der Waals surface area contributed by atoms with Gasteiger partial charge in [0.25, 0.3) is 5.89 Å². The van der Waals surface area contributed by atoms with Crippen LogP contribution in [0.5, 0.6) is 0 Å². The van der Waals surface area contributed by atoms with Crippen molar-refractivity contribution in [1.29, 1.82) is 0 Å². The molecule has 0 spiro atoms. The van der Waals surface area contributed by atoms with E-state index in [9.17, 15) is 18.0 Å². The molecule has 1 fully saturated rings. The van der Waals surface area contributed by atoms with Crippen LogP contribution in [0.3, 0.4) is 0 Å². The summed E-state index contributed by atoms with van der Waals surface area (Å²) >= 11 is 0. The lowest BCUT2D eigenvalue weighted by molar-refractivity contribution is -0.184. The van der Waals surface area contributed by atoms with Crippen molar-refractivity contribution in [3.05, 3.63) is 29.9 Å². The number of furan rings is 1. The molecule has 0 aliphatic carbocycles. The maximum absolute atomic E-state index is 13.4. The summed E-state index contributed by atoms with van der Waals surface area (Å²) < 4.78 is 50.7. The van der Waals surface area contributed by atoms with Gasteiger partial charge in [-0.2, -0.15) is 13.2 Å². The van der Waals surface area contributed by atoms with E-state index in [1.54, 1.807) is 19.1 Å². The summed E-state index contributed by atoms with van der Waals surface area (Å²) in [5.41, 5.74) is 0.365. The maximum Gasteiger partial charge on any atom is 0.405 e. The molecule has 1 aliphatic heterocycles. The summed E-state index contributed by atoms with van der Waals surface area (Å²) in [6.45, 7) is 2.71. The van der Waals surface area contributed by atoms with E-state index >= 15 is 0 Å². The Morgan fingerprint density at radius 1 is 1.41 bits per heavy atom. The zero-order chi connectivity index (χ0) is 19.4. The third-order valence-electron chi connectivity index (χ3n) is 4.42. The molecule has 148 valence electrons. The molecule has 7 nitrogen and oxygen atoms in total. The Hall–Kier alpha value is -2.33. The number of nitrogens with zero attached hydrogens (tertiary/aromatic N) is 2. The van der Waals surface area contributed by atoms with Crippen molar-refractivity contribution in [1.82, 2.24) is 20.5 Å². The average Bonchev–Trinajstić information content (AvgIpc) is 3.25. The number of aromatic nitrogens is 1. The molecular formula is C17H21F3N4O3. The van der Waals surface area contributed by atoms with Crippen molar-refractivity contribution in [2.75, 3.05) is 32.7 Å². The predicted molar refractivity (Wildman–Crippen MR) is 89.9 cm³/mol. The monoisotopic (exact) mass is 386 g/mol. The number of amides is 1. The molecule has 27 heavy (non-hydrogen) atoms. The second-order valence-corrected chi connectivity index (χ2v) is 6.32. The first-order chi connectivity index (χ1) is 12.8. The minimum atomic E-state index is -4.42. The Labute approximate surface area is 153 Å². The van der Waals surface area contributed by atoms with Crippen molar-refractivity contribution >= 4 is 5.91 Å². The summed E-state index contributed by atoms with van der Waals surface area (Å²) in [7, 11) is 0. The molecule has 0 radical (unpaired) electrons. The van der Waals surface area contributed by atoms with E-state index in [0.29, 0.717) is 30.3 Å². The highest BCUT2D eigenvalue weighted by molar-refractivity contribution is 5.78. The molecule has 2 aromatic heterocycles. The summed E-state index contributed by atoms with van der Waals surface area (Å²) in [5.74, 6) is 0.530. The molecule has 0 bridgehead atoms.